The van der Waals surface area contributed by atoms with E-state index in [4.69, 9.17) is 4.98 Å². The van der Waals surface area contributed by atoms with Crippen LogP contribution >= 0.6 is 0 Å². The summed E-state index contributed by atoms with van der Waals surface area (Å²) in [6.45, 7) is 4.05. The number of benzene rings is 2. The largest absolute Gasteiger partial charge is 0.307 e. The molecular formula is C22H20N4O. The number of aromatic nitrogens is 3. The number of para-hydroxylation sites is 1. The normalized spacial score (nSPS) is 11.1. The van der Waals surface area contributed by atoms with Gasteiger partial charge in [-0.25, -0.2) is 9.67 Å². The van der Waals surface area contributed by atoms with Crippen LogP contribution in [0.2, 0.25) is 0 Å². The molecule has 0 aliphatic heterocycles. The molecule has 4 rings (SSSR count). The van der Waals surface area contributed by atoms with Gasteiger partial charge >= 0.3 is 0 Å². The van der Waals surface area contributed by atoms with E-state index in [1.807, 2.05) is 74.5 Å². The summed E-state index contributed by atoms with van der Waals surface area (Å²) in [4.78, 5) is 17.8. The van der Waals surface area contributed by atoms with Crippen LogP contribution in [0, 0.1) is 0 Å². The third-order valence-electron chi connectivity index (χ3n) is 4.43. The number of nitrogens with one attached hydrogen (secondary N) is 1. The highest BCUT2D eigenvalue weighted by molar-refractivity contribution is 6.12. The fourth-order valence-corrected chi connectivity index (χ4v) is 3.13. The van der Waals surface area contributed by atoms with Crippen LogP contribution in [0.5, 0.6) is 0 Å². The molecule has 1 amide bonds. The molecule has 134 valence electrons. The maximum atomic E-state index is 13.1. The molecular weight excluding hydrogens is 336 g/mol. The van der Waals surface area contributed by atoms with Crippen LogP contribution in [-0.4, -0.2) is 20.7 Å². The average molecular weight is 356 g/mol. The predicted octanol–water partition coefficient (Wildman–Crippen LogP) is 4.93. The molecule has 0 unspecified atom stereocenters. The fourth-order valence-electron chi connectivity index (χ4n) is 3.13. The van der Waals surface area contributed by atoms with E-state index in [-0.39, 0.29) is 11.9 Å². The van der Waals surface area contributed by atoms with Crippen molar-refractivity contribution in [3.05, 3.63) is 78.5 Å². The lowest BCUT2D eigenvalue weighted by molar-refractivity contribution is 0.102. The first-order valence-corrected chi connectivity index (χ1v) is 8.93. The number of fused-ring (bicyclic) bond motifs is 1. The fraction of sp³-hybridized carbons (Fsp3) is 0.136. The summed E-state index contributed by atoms with van der Waals surface area (Å²) in [5.41, 5.74) is 3.14. The van der Waals surface area contributed by atoms with Gasteiger partial charge in [0, 0.05) is 23.1 Å². The van der Waals surface area contributed by atoms with Gasteiger partial charge in [-0.3, -0.25) is 4.79 Å². The zero-order valence-electron chi connectivity index (χ0n) is 15.3. The SMILES string of the molecule is CC(C)n1nccc1NC(=O)c1cc(-c2ccccc2)nc2ccccc12. The number of carbonyl (C=O) groups is 1. The molecule has 5 heteroatoms. The number of hydrogen-bond acceptors (Lipinski definition) is 3. The van der Waals surface area contributed by atoms with Gasteiger partial charge in [-0.2, -0.15) is 5.10 Å². The summed E-state index contributed by atoms with van der Waals surface area (Å²) in [7, 11) is 0. The lowest BCUT2D eigenvalue weighted by Gasteiger charge is -2.13. The Bertz CT molecular complexity index is 1100. The van der Waals surface area contributed by atoms with Gasteiger partial charge in [-0.15, -0.1) is 0 Å². The molecule has 0 fully saturated rings. The molecule has 2 aromatic heterocycles. The van der Waals surface area contributed by atoms with Gasteiger partial charge in [0.05, 0.1) is 23.0 Å². The molecule has 2 aromatic carbocycles. The van der Waals surface area contributed by atoms with Crippen LogP contribution in [0.4, 0.5) is 5.82 Å². The highest BCUT2D eigenvalue weighted by Gasteiger charge is 2.16. The Morgan fingerprint density at radius 1 is 1.00 bits per heavy atom. The van der Waals surface area contributed by atoms with Crippen molar-refractivity contribution in [3.63, 3.8) is 0 Å². The lowest BCUT2D eigenvalue weighted by Crippen LogP contribution is -2.17. The molecule has 0 atom stereocenters. The van der Waals surface area contributed by atoms with Gasteiger partial charge in [-0.05, 0) is 26.0 Å². The third kappa shape index (κ3) is 3.31. The Kier molecular flexibility index (Phi) is 4.42. The topological polar surface area (TPSA) is 59.8 Å². The minimum absolute atomic E-state index is 0.157. The Balaban J connectivity index is 1.80. The maximum Gasteiger partial charge on any atom is 0.257 e. The summed E-state index contributed by atoms with van der Waals surface area (Å²) in [5.74, 6) is 0.505. The molecule has 0 aliphatic rings. The van der Waals surface area contributed by atoms with Crippen molar-refractivity contribution in [1.82, 2.24) is 14.8 Å². The number of carbonyl (C=O) groups excluding carboxylic acids is 1. The highest BCUT2D eigenvalue weighted by atomic mass is 16.1. The first-order chi connectivity index (χ1) is 13.1. The van der Waals surface area contributed by atoms with E-state index < -0.39 is 0 Å². The summed E-state index contributed by atoms with van der Waals surface area (Å²) in [6, 6.07) is 21.4. The van der Waals surface area contributed by atoms with Crippen LogP contribution in [0.15, 0.2) is 72.9 Å². The zero-order valence-corrected chi connectivity index (χ0v) is 15.3. The summed E-state index contributed by atoms with van der Waals surface area (Å²) in [6.07, 6.45) is 1.69. The number of hydrogen-bond donors (Lipinski definition) is 1. The van der Waals surface area contributed by atoms with Crippen LogP contribution in [-0.2, 0) is 0 Å². The second kappa shape index (κ2) is 7.03. The molecule has 0 spiro atoms. The molecule has 2 heterocycles. The van der Waals surface area contributed by atoms with Gasteiger partial charge in [0.15, 0.2) is 0 Å². The van der Waals surface area contributed by atoms with Crippen molar-refractivity contribution in [2.24, 2.45) is 0 Å². The van der Waals surface area contributed by atoms with Crippen molar-refractivity contribution >= 4 is 22.6 Å². The van der Waals surface area contributed by atoms with Crippen molar-refractivity contribution in [1.29, 1.82) is 0 Å². The highest BCUT2D eigenvalue weighted by Crippen LogP contribution is 2.25. The van der Waals surface area contributed by atoms with E-state index in [1.54, 1.807) is 16.9 Å². The number of amides is 1. The van der Waals surface area contributed by atoms with E-state index in [9.17, 15) is 4.79 Å². The summed E-state index contributed by atoms with van der Waals surface area (Å²) < 4.78 is 1.79. The van der Waals surface area contributed by atoms with E-state index in [2.05, 4.69) is 10.4 Å². The van der Waals surface area contributed by atoms with E-state index >= 15 is 0 Å². The quantitative estimate of drug-likeness (QED) is 0.564. The van der Waals surface area contributed by atoms with E-state index in [1.165, 1.54) is 0 Å². The average Bonchev–Trinajstić information content (AvgIpc) is 3.16. The lowest BCUT2D eigenvalue weighted by atomic mass is 10.0. The van der Waals surface area contributed by atoms with Gasteiger partial charge in [-0.1, -0.05) is 48.5 Å². The van der Waals surface area contributed by atoms with Crippen LogP contribution in [0.1, 0.15) is 30.2 Å². The Morgan fingerprint density at radius 2 is 1.74 bits per heavy atom. The molecule has 0 saturated carbocycles. The summed E-state index contributed by atoms with van der Waals surface area (Å²) >= 11 is 0. The monoisotopic (exact) mass is 356 g/mol. The van der Waals surface area contributed by atoms with Gasteiger partial charge < -0.3 is 5.32 Å². The van der Waals surface area contributed by atoms with Crippen molar-refractivity contribution in [2.75, 3.05) is 5.32 Å². The first kappa shape index (κ1) is 17.0. The Labute approximate surface area is 157 Å². The van der Waals surface area contributed by atoms with Crippen molar-refractivity contribution in [3.8, 4) is 11.3 Å². The minimum Gasteiger partial charge on any atom is -0.307 e. The van der Waals surface area contributed by atoms with Gasteiger partial charge in [0.2, 0.25) is 0 Å². The molecule has 5 nitrogen and oxygen atoms in total. The first-order valence-electron chi connectivity index (χ1n) is 8.93. The Morgan fingerprint density at radius 3 is 2.52 bits per heavy atom. The number of nitrogens with zero attached hydrogens (tertiary/aromatic N) is 3. The zero-order chi connectivity index (χ0) is 18.8. The molecule has 4 aromatic rings. The smallest absolute Gasteiger partial charge is 0.257 e. The molecule has 27 heavy (non-hydrogen) atoms. The minimum atomic E-state index is -0.173. The summed E-state index contributed by atoms with van der Waals surface area (Å²) in [5, 5.41) is 8.10. The van der Waals surface area contributed by atoms with Crippen LogP contribution in [0.3, 0.4) is 0 Å². The second-order valence-corrected chi connectivity index (χ2v) is 6.65. The standard InChI is InChI=1S/C22H20N4O/c1-15(2)26-21(12-13-23-26)25-22(27)18-14-20(16-8-4-3-5-9-16)24-19-11-7-6-10-17(18)19/h3-15H,1-2H3,(H,25,27). The molecule has 0 saturated heterocycles. The van der Waals surface area contributed by atoms with Crippen molar-refractivity contribution in [2.45, 2.75) is 19.9 Å². The molecule has 0 aliphatic carbocycles. The Hall–Kier alpha value is -3.47. The van der Waals surface area contributed by atoms with Crippen molar-refractivity contribution < 1.29 is 4.79 Å². The van der Waals surface area contributed by atoms with Crippen LogP contribution < -0.4 is 5.32 Å². The molecule has 1 N–H and O–H groups in total. The predicted molar refractivity (Wildman–Crippen MR) is 108 cm³/mol. The maximum absolute atomic E-state index is 13.1. The number of pyridine rings is 1. The molecule has 0 radical (unpaired) electrons. The van der Waals surface area contributed by atoms with Crippen LogP contribution in [0.25, 0.3) is 22.2 Å². The second-order valence-electron chi connectivity index (χ2n) is 6.65. The van der Waals surface area contributed by atoms with E-state index in [0.717, 1.165) is 22.2 Å². The van der Waals surface area contributed by atoms with E-state index in [0.29, 0.717) is 11.4 Å². The number of anilines is 1. The third-order valence-corrected chi connectivity index (χ3v) is 4.43. The molecule has 0 bridgehead atoms. The van der Waals surface area contributed by atoms with Gasteiger partial charge in [0.25, 0.3) is 5.91 Å². The van der Waals surface area contributed by atoms with Gasteiger partial charge in [0.1, 0.15) is 5.82 Å². The number of rotatable bonds is 4.